The quantitative estimate of drug-likeness (QED) is 0.695. The van der Waals surface area contributed by atoms with Crippen LogP contribution in [-0.4, -0.2) is 103 Å². The number of rotatable bonds is 5. The summed E-state index contributed by atoms with van der Waals surface area (Å²) in [6, 6.07) is 5.42. The van der Waals surface area contributed by atoms with Crippen LogP contribution in [0.2, 0.25) is 0 Å². The highest BCUT2D eigenvalue weighted by Gasteiger charge is 2.38. The van der Waals surface area contributed by atoms with Gasteiger partial charge in [0, 0.05) is 70.9 Å². The molecule has 3 aliphatic heterocycles. The van der Waals surface area contributed by atoms with Crippen molar-refractivity contribution in [2.75, 3.05) is 70.9 Å². The summed E-state index contributed by atoms with van der Waals surface area (Å²) >= 11 is 0. The number of anilines is 1. The maximum Gasteiger partial charge on any atom is 0.238 e. The number of aliphatic hydroxyl groups is 1. The zero-order valence-corrected chi connectivity index (χ0v) is 18.1. The van der Waals surface area contributed by atoms with Gasteiger partial charge >= 0.3 is 0 Å². The number of hydrogen-bond donors (Lipinski definition) is 2. The summed E-state index contributed by atoms with van der Waals surface area (Å²) in [7, 11) is 0. The van der Waals surface area contributed by atoms with Gasteiger partial charge in [-0.3, -0.25) is 19.4 Å². The smallest absolute Gasteiger partial charge is 0.238 e. The van der Waals surface area contributed by atoms with Crippen molar-refractivity contribution in [1.29, 1.82) is 0 Å². The van der Waals surface area contributed by atoms with Crippen molar-refractivity contribution in [3.8, 4) is 11.5 Å². The monoisotopic (exact) mass is 432 g/mol. The van der Waals surface area contributed by atoms with E-state index in [0.29, 0.717) is 69.5 Å². The highest BCUT2D eigenvalue weighted by molar-refractivity contribution is 5.92. The second-order valence-corrected chi connectivity index (χ2v) is 8.73. The van der Waals surface area contributed by atoms with E-state index in [9.17, 15) is 14.7 Å². The number of ether oxygens (including phenoxy) is 2. The number of nitrogens with zero attached hydrogens (tertiary/aromatic N) is 3. The molecule has 170 valence electrons. The first-order valence-electron chi connectivity index (χ1n) is 11.0. The Kier molecular flexibility index (Phi) is 6.64. The molecule has 4 rings (SSSR count). The molecule has 0 saturated carbocycles. The summed E-state index contributed by atoms with van der Waals surface area (Å²) in [4.78, 5) is 30.1. The standard InChI is InChI=1S/C22H32N4O5/c1-17(27)26-9-7-24(8-10-26)15-22(29)5-6-25(16-22)14-21(28)23-18-3-4-19-20(13-18)31-12-2-11-30-19/h3-4,13,29H,2,5-12,14-16H2,1H3,(H,23,28)/t22-/m0/s1. The highest BCUT2D eigenvalue weighted by Crippen LogP contribution is 2.32. The topological polar surface area (TPSA) is 94.6 Å². The molecular formula is C22H32N4O5. The fourth-order valence-corrected chi connectivity index (χ4v) is 4.49. The predicted molar refractivity (Wildman–Crippen MR) is 115 cm³/mol. The first kappa shape index (κ1) is 21.9. The lowest BCUT2D eigenvalue weighted by atomic mass is 10.0. The maximum atomic E-state index is 12.6. The van der Waals surface area contributed by atoms with Crippen LogP contribution in [0, 0.1) is 0 Å². The van der Waals surface area contributed by atoms with E-state index in [4.69, 9.17) is 9.47 Å². The van der Waals surface area contributed by atoms with Gasteiger partial charge in [-0.1, -0.05) is 0 Å². The molecule has 2 amide bonds. The van der Waals surface area contributed by atoms with E-state index < -0.39 is 5.60 Å². The lowest BCUT2D eigenvalue weighted by molar-refractivity contribution is -0.130. The van der Waals surface area contributed by atoms with Gasteiger partial charge in [-0.25, -0.2) is 0 Å². The largest absolute Gasteiger partial charge is 0.490 e. The number of piperazine rings is 1. The van der Waals surface area contributed by atoms with Crippen molar-refractivity contribution in [1.82, 2.24) is 14.7 Å². The average molecular weight is 433 g/mol. The number of fused-ring (bicyclic) bond motifs is 1. The van der Waals surface area contributed by atoms with E-state index in [1.54, 1.807) is 13.0 Å². The Hall–Kier alpha value is -2.36. The van der Waals surface area contributed by atoms with E-state index in [0.717, 1.165) is 19.5 Å². The van der Waals surface area contributed by atoms with Gasteiger partial charge in [-0.05, 0) is 18.6 Å². The molecule has 2 fully saturated rings. The van der Waals surface area contributed by atoms with Crippen molar-refractivity contribution < 1.29 is 24.2 Å². The fourth-order valence-electron chi connectivity index (χ4n) is 4.49. The molecule has 3 aliphatic rings. The van der Waals surface area contributed by atoms with Gasteiger partial charge in [0.05, 0.1) is 25.4 Å². The molecule has 1 aromatic rings. The fraction of sp³-hybridized carbons (Fsp3) is 0.636. The summed E-state index contributed by atoms with van der Waals surface area (Å²) in [6.07, 6.45) is 1.47. The van der Waals surface area contributed by atoms with E-state index >= 15 is 0 Å². The first-order valence-corrected chi connectivity index (χ1v) is 11.0. The highest BCUT2D eigenvalue weighted by atomic mass is 16.5. The second-order valence-electron chi connectivity index (χ2n) is 8.73. The summed E-state index contributed by atoms with van der Waals surface area (Å²) < 4.78 is 11.3. The molecule has 1 aromatic carbocycles. The van der Waals surface area contributed by atoms with Crippen molar-refractivity contribution >= 4 is 17.5 Å². The van der Waals surface area contributed by atoms with Gasteiger partial charge in [0.15, 0.2) is 11.5 Å². The zero-order chi connectivity index (χ0) is 21.8. The number of β-amino-alcohol motifs (C(OH)–C–C–N with tert-alkyl or cyclic N) is 1. The minimum atomic E-state index is -0.825. The Morgan fingerprint density at radius 2 is 1.81 bits per heavy atom. The maximum absolute atomic E-state index is 12.6. The number of hydrogen-bond acceptors (Lipinski definition) is 7. The van der Waals surface area contributed by atoms with Gasteiger partial charge < -0.3 is 24.8 Å². The summed E-state index contributed by atoms with van der Waals surface area (Å²) in [5, 5.41) is 13.9. The molecule has 9 nitrogen and oxygen atoms in total. The number of likely N-dealkylation sites (tertiary alicyclic amines) is 1. The van der Waals surface area contributed by atoms with Gasteiger partial charge in [0.1, 0.15) is 0 Å². The third-order valence-corrected chi connectivity index (χ3v) is 6.15. The van der Waals surface area contributed by atoms with E-state index in [2.05, 4.69) is 10.2 Å². The normalized spacial score (nSPS) is 24.6. The molecule has 1 atom stereocenters. The number of nitrogens with one attached hydrogen (secondary N) is 1. The lowest BCUT2D eigenvalue weighted by Gasteiger charge is -2.38. The van der Waals surface area contributed by atoms with Crippen LogP contribution in [0.15, 0.2) is 18.2 Å². The SMILES string of the molecule is CC(=O)N1CCN(C[C@@]2(O)CCN(CC(=O)Nc3ccc4c(c3)OCCCO4)C2)CC1. The Labute approximate surface area is 182 Å². The van der Waals surface area contributed by atoms with Crippen molar-refractivity contribution in [3.63, 3.8) is 0 Å². The lowest BCUT2D eigenvalue weighted by Crippen LogP contribution is -2.53. The van der Waals surface area contributed by atoms with E-state index in [1.807, 2.05) is 21.9 Å². The number of amides is 2. The van der Waals surface area contributed by atoms with Crippen molar-refractivity contribution in [2.45, 2.75) is 25.4 Å². The van der Waals surface area contributed by atoms with Gasteiger partial charge in [-0.2, -0.15) is 0 Å². The second kappa shape index (κ2) is 9.42. The van der Waals surface area contributed by atoms with Crippen LogP contribution in [0.25, 0.3) is 0 Å². The molecule has 3 heterocycles. The molecule has 2 N–H and O–H groups in total. The molecule has 9 heteroatoms. The van der Waals surface area contributed by atoms with Crippen LogP contribution in [0.1, 0.15) is 19.8 Å². The molecule has 0 radical (unpaired) electrons. The number of benzene rings is 1. The first-order chi connectivity index (χ1) is 14.9. The van der Waals surface area contributed by atoms with Crippen molar-refractivity contribution in [3.05, 3.63) is 18.2 Å². The zero-order valence-electron chi connectivity index (χ0n) is 18.1. The number of carbonyl (C=O) groups excluding carboxylic acids is 2. The molecule has 2 saturated heterocycles. The molecule has 0 unspecified atom stereocenters. The van der Waals surface area contributed by atoms with Crippen LogP contribution in [0.5, 0.6) is 11.5 Å². The van der Waals surface area contributed by atoms with Crippen LogP contribution < -0.4 is 14.8 Å². The Bertz CT molecular complexity index is 811. The summed E-state index contributed by atoms with van der Waals surface area (Å²) in [5.74, 6) is 1.33. The molecule has 0 spiro atoms. The van der Waals surface area contributed by atoms with Crippen LogP contribution in [-0.2, 0) is 9.59 Å². The van der Waals surface area contributed by atoms with E-state index in [1.165, 1.54) is 0 Å². The molecule has 31 heavy (non-hydrogen) atoms. The van der Waals surface area contributed by atoms with Crippen molar-refractivity contribution in [2.24, 2.45) is 0 Å². The predicted octanol–water partition coefficient (Wildman–Crippen LogP) is 0.387. The van der Waals surface area contributed by atoms with Gasteiger partial charge in [0.2, 0.25) is 11.8 Å². The number of carbonyl (C=O) groups is 2. The Morgan fingerprint density at radius 1 is 1.06 bits per heavy atom. The van der Waals surface area contributed by atoms with E-state index in [-0.39, 0.29) is 18.4 Å². The van der Waals surface area contributed by atoms with Gasteiger partial charge in [0.25, 0.3) is 0 Å². The summed E-state index contributed by atoms with van der Waals surface area (Å²) in [6.45, 7) is 7.71. The van der Waals surface area contributed by atoms with Crippen LogP contribution >= 0.6 is 0 Å². The minimum Gasteiger partial charge on any atom is -0.490 e. The molecule has 0 aliphatic carbocycles. The minimum absolute atomic E-state index is 0.102. The van der Waals surface area contributed by atoms with Crippen LogP contribution in [0.4, 0.5) is 5.69 Å². The van der Waals surface area contributed by atoms with Gasteiger partial charge in [-0.15, -0.1) is 0 Å². The third-order valence-electron chi connectivity index (χ3n) is 6.15. The molecule has 0 bridgehead atoms. The van der Waals surface area contributed by atoms with Crippen LogP contribution in [0.3, 0.4) is 0 Å². The Morgan fingerprint density at radius 3 is 2.55 bits per heavy atom. The summed E-state index contributed by atoms with van der Waals surface area (Å²) in [5.41, 5.74) is -0.152. The Balaban J connectivity index is 1.25. The molecule has 0 aromatic heterocycles. The third kappa shape index (κ3) is 5.66. The molecular weight excluding hydrogens is 400 g/mol. The average Bonchev–Trinajstić information content (AvgIpc) is 2.94.